The molecular formula is C21H32O2. The van der Waals surface area contributed by atoms with Gasteiger partial charge in [-0.25, -0.2) is 0 Å². The van der Waals surface area contributed by atoms with Gasteiger partial charge >= 0.3 is 0 Å². The van der Waals surface area contributed by atoms with Gasteiger partial charge in [0.1, 0.15) is 5.78 Å². The number of hydrogen-bond donors (Lipinski definition) is 0. The van der Waals surface area contributed by atoms with Crippen LogP contribution in [0.25, 0.3) is 0 Å². The van der Waals surface area contributed by atoms with Crippen molar-refractivity contribution in [2.75, 3.05) is 0 Å². The molecule has 0 radical (unpaired) electrons. The summed E-state index contributed by atoms with van der Waals surface area (Å²) >= 11 is 0. The van der Waals surface area contributed by atoms with Crippen LogP contribution in [0.4, 0.5) is 0 Å². The Morgan fingerprint density at radius 3 is 2.04 bits per heavy atom. The molecule has 0 atom stereocenters. The maximum atomic E-state index is 12.1. The van der Waals surface area contributed by atoms with Crippen LogP contribution in [-0.4, -0.2) is 11.6 Å². The fraction of sp³-hybridized carbons (Fsp3) is 0.619. The van der Waals surface area contributed by atoms with Crippen LogP contribution in [0.1, 0.15) is 94.0 Å². The number of benzene rings is 1. The van der Waals surface area contributed by atoms with Gasteiger partial charge in [-0.3, -0.25) is 9.59 Å². The first-order chi connectivity index (χ1) is 11.2. The van der Waals surface area contributed by atoms with Crippen LogP contribution in [-0.2, 0) is 11.2 Å². The summed E-state index contributed by atoms with van der Waals surface area (Å²) in [6.07, 6.45) is 11.3. The summed E-state index contributed by atoms with van der Waals surface area (Å²) in [7, 11) is 0. The van der Waals surface area contributed by atoms with Crippen molar-refractivity contribution in [3.63, 3.8) is 0 Å². The number of Topliss-reactive ketones (excluding diaryl/α,β-unsaturated/α-hetero) is 2. The highest BCUT2D eigenvalue weighted by molar-refractivity contribution is 6.07. The van der Waals surface area contributed by atoms with Crippen molar-refractivity contribution in [2.24, 2.45) is 0 Å². The summed E-state index contributed by atoms with van der Waals surface area (Å²) in [5.74, 6) is 0.0187. The van der Waals surface area contributed by atoms with Gasteiger partial charge < -0.3 is 0 Å². The smallest absolute Gasteiger partial charge is 0.170 e. The third-order valence-corrected chi connectivity index (χ3v) is 4.26. The zero-order valence-corrected chi connectivity index (χ0v) is 14.9. The lowest BCUT2D eigenvalue weighted by molar-refractivity contribution is -0.118. The van der Waals surface area contributed by atoms with Crippen molar-refractivity contribution in [3.05, 3.63) is 35.4 Å². The van der Waals surface area contributed by atoms with E-state index in [2.05, 4.69) is 13.8 Å². The number of aryl methyl sites for hydroxylation is 1. The Balaban J connectivity index is 2.32. The Kier molecular flexibility index (Phi) is 10.3. The molecule has 1 rings (SSSR count). The summed E-state index contributed by atoms with van der Waals surface area (Å²) < 4.78 is 0. The van der Waals surface area contributed by atoms with E-state index in [1.165, 1.54) is 44.1 Å². The molecular weight excluding hydrogens is 284 g/mol. The van der Waals surface area contributed by atoms with Crippen LogP contribution in [0.5, 0.6) is 0 Å². The molecule has 0 unspecified atom stereocenters. The zero-order chi connectivity index (χ0) is 16.9. The van der Waals surface area contributed by atoms with Crippen LogP contribution < -0.4 is 0 Å². The molecule has 0 aliphatic carbocycles. The lowest BCUT2D eigenvalue weighted by Gasteiger charge is -2.04. The lowest BCUT2D eigenvalue weighted by Crippen LogP contribution is -2.08. The average Bonchev–Trinajstić information content (AvgIpc) is 2.56. The molecule has 23 heavy (non-hydrogen) atoms. The third kappa shape index (κ3) is 8.68. The molecule has 128 valence electrons. The summed E-state index contributed by atoms with van der Waals surface area (Å²) in [4.78, 5) is 23.8. The molecule has 0 aromatic heterocycles. The van der Waals surface area contributed by atoms with Crippen LogP contribution in [0, 0.1) is 0 Å². The minimum absolute atomic E-state index is 0.0442. The van der Waals surface area contributed by atoms with Gasteiger partial charge in [-0.05, 0) is 24.8 Å². The molecule has 0 fully saturated rings. The van der Waals surface area contributed by atoms with Crippen LogP contribution >= 0.6 is 0 Å². The molecule has 0 bridgehead atoms. The Morgan fingerprint density at radius 2 is 1.39 bits per heavy atom. The molecule has 0 spiro atoms. The van der Waals surface area contributed by atoms with Crippen LogP contribution in [0.15, 0.2) is 24.3 Å². The van der Waals surface area contributed by atoms with Crippen LogP contribution in [0.3, 0.4) is 0 Å². The summed E-state index contributed by atoms with van der Waals surface area (Å²) in [5, 5.41) is 0. The number of carbonyl (C=O) groups excluding carboxylic acids is 2. The minimum Gasteiger partial charge on any atom is -0.299 e. The Bertz CT molecular complexity index is 459. The summed E-state index contributed by atoms with van der Waals surface area (Å²) in [6, 6.07) is 7.83. The summed E-state index contributed by atoms with van der Waals surface area (Å²) in [5.41, 5.74) is 1.95. The van der Waals surface area contributed by atoms with Gasteiger partial charge in [0.15, 0.2) is 5.78 Å². The first kappa shape index (κ1) is 19.6. The second-order valence-corrected chi connectivity index (χ2v) is 6.46. The van der Waals surface area contributed by atoms with Crippen molar-refractivity contribution in [1.29, 1.82) is 0 Å². The standard InChI is InChI=1S/C21H32O2/c1-3-5-7-8-9-10-11-18-13-15-19(16-14-18)21(23)17-20(22)12-6-4-2/h13-16H,3-12,17H2,1-2H3. The quantitative estimate of drug-likeness (QED) is 0.257. The summed E-state index contributed by atoms with van der Waals surface area (Å²) in [6.45, 7) is 4.29. The maximum absolute atomic E-state index is 12.1. The predicted octanol–water partition coefficient (Wildman–Crippen LogP) is 5.92. The van der Waals surface area contributed by atoms with E-state index >= 15 is 0 Å². The minimum atomic E-state index is -0.0442. The molecule has 0 aliphatic heterocycles. The van der Waals surface area contributed by atoms with E-state index in [4.69, 9.17) is 0 Å². The molecule has 0 N–H and O–H groups in total. The number of carbonyl (C=O) groups is 2. The Labute approximate surface area is 141 Å². The fourth-order valence-corrected chi connectivity index (χ4v) is 2.71. The van der Waals surface area contributed by atoms with E-state index < -0.39 is 0 Å². The number of hydrogen-bond acceptors (Lipinski definition) is 2. The predicted molar refractivity (Wildman–Crippen MR) is 97.0 cm³/mol. The molecule has 1 aromatic rings. The monoisotopic (exact) mass is 316 g/mol. The molecule has 0 heterocycles. The average molecular weight is 316 g/mol. The molecule has 0 saturated carbocycles. The fourth-order valence-electron chi connectivity index (χ4n) is 2.71. The van der Waals surface area contributed by atoms with Gasteiger partial charge in [-0.15, -0.1) is 0 Å². The molecule has 2 nitrogen and oxygen atoms in total. The topological polar surface area (TPSA) is 34.1 Å². The number of unbranched alkanes of at least 4 members (excludes halogenated alkanes) is 6. The van der Waals surface area contributed by atoms with E-state index in [-0.39, 0.29) is 18.0 Å². The van der Waals surface area contributed by atoms with Crippen molar-refractivity contribution in [3.8, 4) is 0 Å². The SMILES string of the molecule is CCCCCCCCc1ccc(C(=O)CC(=O)CCCC)cc1. The molecule has 0 amide bonds. The van der Waals surface area contributed by atoms with Crippen molar-refractivity contribution in [1.82, 2.24) is 0 Å². The zero-order valence-electron chi connectivity index (χ0n) is 14.9. The number of rotatable bonds is 13. The van der Waals surface area contributed by atoms with Gasteiger partial charge in [-0.1, -0.05) is 76.6 Å². The lowest BCUT2D eigenvalue weighted by atomic mass is 10.00. The largest absolute Gasteiger partial charge is 0.299 e. The van der Waals surface area contributed by atoms with E-state index in [9.17, 15) is 9.59 Å². The van der Waals surface area contributed by atoms with Crippen molar-refractivity contribution >= 4 is 11.6 Å². The van der Waals surface area contributed by atoms with Gasteiger partial charge in [0.25, 0.3) is 0 Å². The first-order valence-corrected chi connectivity index (χ1v) is 9.31. The van der Waals surface area contributed by atoms with Crippen LogP contribution in [0.2, 0.25) is 0 Å². The molecule has 0 aliphatic rings. The second-order valence-electron chi connectivity index (χ2n) is 6.46. The van der Waals surface area contributed by atoms with Gasteiger partial charge in [-0.2, -0.15) is 0 Å². The molecule has 1 aromatic carbocycles. The van der Waals surface area contributed by atoms with Gasteiger partial charge in [0.05, 0.1) is 6.42 Å². The molecule has 2 heteroatoms. The van der Waals surface area contributed by atoms with Crippen molar-refractivity contribution in [2.45, 2.75) is 84.5 Å². The van der Waals surface area contributed by atoms with E-state index in [1.807, 2.05) is 24.3 Å². The van der Waals surface area contributed by atoms with E-state index in [0.29, 0.717) is 12.0 Å². The highest BCUT2D eigenvalue weighted by Crippen LogP contribution is 2.13. The van der Waals surface area contributed by atoms with Gasteiger partial charge in [0, 0.05) is 12.0 Å². The third-order valence-electron chi connectivity index (χ3n) is 4.26. The Hall–Kier alpha value is -1.44. The maximum Gasteiger partial charge on any atom is 0.170 e. The van der Waals surface area contributed by atoms with E-state index in [1.54, 1.807) is 0 Å². The normalized spacial score (nSPS) is 10.7. The van der Waals surface area contributed by atoms with Crippen molar-refractivity contribution < 1.29 is 9.59 Å². The Morgan fingerprint density at radius 1 is 0.783 bits per heavy atom. The highest BCUT2D eigenvalue weighted by atomic mass is 16.1. The van der Waals surface area contributed by atoms with Gasteiger partial charge in [0.2, 0.25) is 0 Å². The highest BCUT2D eigenvalue weighted by Gasteiger charge is 2.11. The number of ketones is 2. The van der Waals surface area contributed by atoms with E-state index in [0.717, 1.165) is 19.3 Å². The second kappa shape index (κ2) is 12.0. The molecule has 0 saturated heterocycles. The first-order valence-electron chi connectivity index (χ1n) is 9.31.